The molecule has 0 radical (unpaired) electrons. The van der Waals surface area contributed by atoms with Gasteiger partial charge in [-0.1, -0.05) is 72.1 Å². The third-order valence-corrected chi connectivity index (χ3v) is 11.6. The minimum Gasteiger partial charge on any atom is -0.462 e. The van der Waals surface area contributed by atoms with Crippen LogP contribution in [0.4, 0.5) is 0 Å². The van der Waals surface area contributed by atoms with Gasteiger partial charge in [-0.05, 0) is 104 Å². The fraction of sp³-hybridized carbons (Fsp3) is 0.824. The van der Waals surface area contributed by atoms with Crippen LogP contribution in [0.5, 0.6) is 0 Å². The van der Waals surface area contributed by atoms with Crippen molar-refractivity contribution in [2.24, 2.45) is 46.3 Å². The second-order valence-electron chi connectivity index (χ2n) is 14.2. The van der Waals surface area contributed by atoms with Crippen molar-refractivity contribution >= 4 is 11.9 Å². The van der Waals surface area contributed by atoms with Crippen molar-refractivity contribution in [2.45, 2.75) is 124 Å². The zero-order valence-electron chi connectivity index (χ0n) is 25.0. The molecule has 1 amide bonds. The maximum absolute atomic E-state index is 12.5. The molecule has 0 aromatic heterocycles. The summed E-state index contributed by atoms with van der Waals surface area (Å²) < 4.78 is 5.91. The Morgan fingerprint density at radius 1 is 1.08 bits per heavy atom. The molecule has 4 heteroatoms. The topological polar surface area (TPSA) is 55.4 Å². The number of esters is 1. The minimum atomic E-state index is -0.195. The average Bonchev–Trinajstić information content (AvgIpc) is 3.23. The predicted octanol–water partition coefficient (Wildman–Crippen LogP) is 8.02. The Labute approximate surface area is 232 Å². The molecule has 0 spiro atoms. The monoisotopic (exact) mass is 525 g/mol. The number of carbonyl (C=O) groups is 2. The number of allylic oxidation sites excluding steroid dienone is 1. The molecular formula is C34H55NO3. The van der Waals surface area contributed by atoms with Gasteiger partial charge in [0.1, 0.15) is 6.10 Å². The van der Waals surface area contributed by atoms with Crippen LogP contribution in [0.1, 0.15) is 118 Å². The lowest BCUT2D eigenvalue weighted by atomic mass is 9.47. The second kappa shape index (κ2) is 12.3. The Morgan fingerprint density at radius 3 is 2.61 bits per heavy atom. The van der Waals surface area contributed by atoms with E-state index in [1.54, 1.807) is 5.57 Å². The molecule has 0 aromatic rings. The lowest BCUT2D eigenvalue weighted by Crippen LogP contribution is -2.51. The Hall–Kier alpha value is -1.58. The van der Waals surface area contributed by atoms with Crippen LogP contribution in [0.2, 0.25) is 0 Å². The molecule has 3 fully saturated rings. The molecule has 4 aliphatic rings. The summed E-state index contributed by atoms with van der Waals surface area (Å²) in [4.78, 5) is 23.7. The Bertz CT molecular complexity index is 892. The van der Waals surface area contributed by atoms with E-state index < -0.39 is 0 Å². The van der Waals surface area contributed by atoms with E-state index in [4.69, 9.17) is 4.74 Å². The predicted molar refractivity (Wildman–Crippen MR) is 155 cm³/mol. The number of amides is 1. The fourth-order valence-electron chi connectivity index (χ4n) is 9.51. The van der Waals surface area contributed by atoms with Gasteiger partial charge in [0, 0.05) is 19.4 Å². The largest absolute Gasteiger partial charge is 0.462 e. The molecule has 8 atom stereocenters. The summed E-state index contributed by atoms with van der Waals surface area (Å²) >= 11 is 0. The van der Waals surface area contributed by atoms with Gasteiger partial charge < -0.3 is 10.1 Å². The van der Waals surface area contributed by atoms with Crippen LogP contribution < -0.4 is 5.32 Å². The van der Waals surface area contributed by atoms with Gasteiger partial charge in [-0.2, -0.15) is 0 Å². The minimum absolute atomic E-state index is 0.0116. The zero-order valence-corrected chi connectivity index (χ0v) is 25.0. The summed E-state index contributed by atoms with van der Waals surface area (Å²) in [6.07, 6.45) is 18.9. The summed E-state index contributed by atoms with van der Waals surface area (Å²) in [7, 11) is 0. The average molecular weight is 526 g/mol. The molecule has 0 heterocycles. The Morgan fingerprint density at radius 2 is 1.87 bits per heavy atom. The number of hydrogen-bond donors (Lipinski definition) is 1. The van der Waals surface area contributed by atoms with Crippen LogP contribution in [0.25, 0.3) is 0 Å². The maximum atomic E-state index is 12.5. The molecular weight excluding hydrogens is 470 g/mol. The maximum Gasteiger partial charge on any atom is 0.306 e. The SMILES string of the molecule is C=CC(=O)NCCCC(=O)O[C@H]1CC[C@@]2(C)C(=CC[C@H]3[C@@H]4CC[C@H]([C@H](C)CCCC(C)C)[C@@]4(C)CC[C@@H]32)C1. The van der Waals surface area contributed by atoms with Crippen molar-refractivity contribution in [1.29, 1.82) is 0 Å². The van der Waals surface area contributed by atoms with Crippen LogP contribution in [0, 0.1) is 46.3 Å². The molecule has 4 nitrogen and oxygen atoms in total. The first-order chi connectivity index (χ1) is 18.1. The van der Waals surface area contributed by atoms with Gasteiger partial charge in [0.25, 0.3) is 0 Å². The van der Waals surface area contributed by atoms with Gasteiger partial charge in [0.2, 0.25) is 5.91 Å². The van der Waals surface area contributed by atoms with Gasteiger partial charge in [-0.3, -0.25) is 9.59 Å². The Balaban J connectivity index is 1.33. The zero-order chi connectivity index (χ0) is 27.5. The van der Waals surface area contributed by atoms with E-state index in [-0.39, 0.29) is 23.4 Å². The molecule has 0 aromatic carbocycles. The fourth-order valence-corrected chi connectivity index (χ4v) is 9.51. The van der Waals surface area contributed by atoms with Crippen LogP contribution in [0.3, 0.4) is 0 Å². The van der Waals surface area contributed by atoms with Crippen molar-refractivity contribution in [1.82, 2.24) is 5.32 Å². The van der Waals surface area contributed by atoms with E-state index in [2.05, 4.69) is 52.6 Å². The first kappa shape index (κ1) is 29.4. The number of nitrogens with one attached hydrogen (secondary N) is 1. The van der Waals surface area contributed by atoms with Crippen molar-refractivity contribution < 1.29 is 14.3 Å². The van der Waals surface area contributed by atoms with E-state index in [0.29, 0.717) is 24.8 Å². The number of hydrogen-bond acceptors (Lipinski definition) is 3. The third-order valence-electron chi connectivity index (χ3n) is 11.6. The number of rotatable bonds is 11. The number of ether oxygens (including phenoxy) is 1. The van der Waals surface area contributed by atoms with E-state index in [0.717, 1.165) is 54.8 Å². The van der Waals surface area contributed by atoms with Crippen molar-refractivity contribution in [3.05, 3.63) is 24.3 Å². The highest BCUT2D eigenvalue weighted by Gasteiger charge is 2.59. The molecule has 3 saturated carbocycles. The van der Waals surface area contributed by atoms with Crippen LogP contribution in [-0.2, 0) is 14.3 Å². The lowest BCUT2D eigenvalue weighted by molar-refractivity contribution is -0.151. The molecule has 214 valence electrons. The first-order valence-corrected chi connectivity index (χ1v) is 15.9. The second-order valence-corrected chi connectivity index (χ2v) is 14.2. The highest BCUT2D eigenvalue weighted by molar-refractivity contribution is 5.86. The van der Waals surface area contributed by atoms with Crippen LogP contribution in [0.15, 0.2) is 24.3 Å². The molecule has 4 rings (SSSR count). The van der Waals surface area contributed by atoms with Crippen molar-refractivity contribution in [3.63, 3.8) is 0 Å². The van der Waals surface area contributed by atoms with Gasteiger partial charge in [0.15, 0.2) is 0 Å². The highest BCUT2D eigenvalue weighted by Crippen LogP contribution is 2.67. The number of carbonyl (C=O) groups excluding carboxylic acids is 2. The van der Waals surface area contributed by atoms with Gasteiger partial charge in [-0.15, -0.1) is 0 Å². The number of fused-ring (bicyclic) bond motifs is 5. The molecule has 0 saturated heterocycles. The van der Waals surface area contributed by atoms with Gasteiger partial charge in [-0.25, -0.2) is 0 Å². The van der Waals surface area contributed by atoms with Crippen molar-refractivity contribution in [2.75, 3.05) is 6.54 Å². The normalized spacial score (nSPS) is 36.9. The van der Waals surface area contributed by atoms with E-state index >= 15 is 0 Å². The van der Waals surface area contributed by atoms with E-state index in [9.17, 15) is 9.59 Å². The quantitative estimate of drug-likeness (QED) is 0.129. The van der Waals surface area contributed by atoms with E-state index in [1.807, 2.05) is 0 Å². The summed E-state index contributed by atoms with van der Waals surface area (Å²) in [5.41, 5.74) is 2.38. The third kappa shape index (κ3) is 6.09. The first-order valence-electron chi connectivity index (χ1n) is 15.9. The van der Waals surface area contributed by atoms with Gasteiger partial charge >= 0.3 is 5.97 Å². The summed E-state index contributed by atoms with van der Waals surface area (Å²) in [5.74, 6) is 4.76. The Kier molecular flexibility index (Phi) is 9.51. The van der Waals surface area contributed by atoms with Crippen molar-refractivity contribution in [3.8, 4) is 0 Å². The summed E-state index contributed by atoms with van der Waals surface area (Å²) in [6.45, 7) is 16.4. The van der Waals surface area contributed by atoms with Gasteiger partial charge in [0.05, 0.1) is 0 Å². The molecule has 0 aliphatic heterocycles. The highest BCUT2D eigenvalue weighted by atomic mass is 16.5. The lowest BCUT2D eigenvalue weighted by Gasteiger charge is -2.58. The smallest absolute Gasteiger partial charge is 0.306 e. The van der Waals surface area contributed by atoms with Crippen LogP contribution in [-0.4, -0.2) is 24.5 Å². The summed E-state index contributed by atoms with van der Waals surface area (Å²) in [5, 5.41) is 2.73. The van der Waals surface area contributed by atoms with E-state index in [1.165, 1.54) is 57.4 Å². The summed E-state index contributed by atoms with van der Waals surface area (Å²) in [6, 6.07) is 0. The standard InChI is InChI=1S/C34H55NO3/c1-7-31(36)35-21-9-12-32(37)38-26-17-19-33(5)25(22-26)13-14-27-29-16-15-28(24(4)11-8-10-23(2)3)34(29,6)20-18-30(27)33/h7,13,23-24,26-30H,1,8-12,14-22H2,2-6H3,(H,35,36)/t24-,26+,27+,28-,29+,30+,33+,34-/m1/s1. The molecule has 38 heavy (non-hydrogen) atoms. The van der Waals surface area contributed by atoms with Crippen LogP contribution >= 0.6 is 0 Å². The molecule has 1 N–H and O–H groups in total. The molecule has 0 unspecified atom stereocenters. The molecule has 0 bridgehead atoms. The molecule has 4 aliphatic carbocycles.